The maximum absolute atomic E-state index is 13.0. The Kier molecular flexibility index (Phi) is 11.0. The molecule has 0 saturated carbocycles. The molecule has 1 aromatic rings. The first-order chi connectivity index (χ1) is 14.9. The van der Waals surface area contributed by atoms with Gasteiger partial charge in [0.1, 0.15) is 0 Å². The van der Waals surface area contributed by atoms with Gasteiger partial charge >= 0.3 is 6.18 Å². The van der Waals surface area contributed by atoms with Crippen molar-refractivity contribution in [3.8, 4) is 0 Å². The quantitative estimate of drug-likeness (QED) is 0.321. The van der Waals surface area contributed by atoms with E-state index in [1.54, 1.807) is 19.2 Å². The van der Waals surface area contributed by atoms with Crippen molar-refractivity contribution in [1.29, 1.82) is 0 Å². The number of morpholine rings is 1. The van der Waals surface area contributed by atoms with Crippen molar-refractivity contribution in [2.24, 2.45) is 4.99 Å². The summed E-state index contributed by atoms with van der Waals surface area (Å²) in [5.41, 5.74) is 0.228. The van der Waals surface area contributed by atoms with Crippen LogP contribution in [0, 0.1) is 0 Å². The summed E-state index contributed by atoms with van der Waals surface area (Å²) in [5, 5.41) is 3.46. The normalized spacial score (nSPS) is 20.0. The molecule has 1 N–H and O–H groups in total. The lowest BCUT2D eigenvalue weighted by Gasteiger charge is -2.37. The van der Waals surface area contributed by atoms with Crippen LogP contribution in [-0.4, -0.2) is 81.5 Å². The largest absolute Gasteiger partial charge is 0.416 e. The number of hydrogen-bond donors (Lipinski definition) is 1. The number of guanidine groups is 1. The Bertz CT molecular complexity index is 704. The van der Waals surface area contributed by atoms with Crippen molar-refractivity contribution in [2.75, 3.05) is 59.6 Å². The van der Waals surface area contributed by atoms with Gasteiger partial charge in [-0.2, -0.15) is 13.2 Å². The fraction of sp³-hybridized carbons (Fsp3) is 0.682. The molecule has 1 aromatic carbocycles. The number of ether oxygens (including phenoxy) is 2. The van der Waals surface area contributed by atoms with Gasteiger partial charge in [0.15, 0.2) is 5.96 Å². The van der Waals surface area contributed by atoms with E-state index in [-0.39, 0.29) is 30.0 Å². The summed E-state index contributed by atoms with van der Waals surface area (Å²) in [7, 11) is 1.76. The predicted octanol–water partition coefficient (Wildman–Crippen LogP) is 3.77. The summed E-state index contributed by atoms with van der Waals surface area (Å²) < 4.78 is 50.2. The Morgan fingerprint density at radius 3 is 2.31 bits per heavy atom. The lowest BCUT2D eigenvalue weighted by molar-refractivity contribution is -0.137. The van der Waals surface area contributed by atoms with Crippen LogP contribution in [0.4, 0.5) is 13.2 Å². The molecule has 2 aliphatic rings. The van der Waals surface area contributed by atoms with Gasteiger partial charge in [-0.05, 0) is 37.5 Å². The molecule has 6 nitrogen and oxygen atoms in total. The molecular formula is C22H34F3IN4O2. The minimum absolute atomic E-state index is 0. The summed E-state index contributed by atoms with van der Waals surface area (Å²) in [6.45, 7) is 7.76. The first-order valence-electron chi connectivity index (χ1n) is 11.0. The van der Waals surface area contributed by atoms with Gasteiger partial charge in [-0.1, -0.05) is 12.1 Å². The number of aliphatic imine (C=N–C) groups is 1. The average Bonchev–Trinajstić information content (AvgIpc) is 2.78. The molecule has 0 aliphatic carbocycles. The van der Waals surface area contributed by atoms with Gasteiger partial charge in [0.25, 0.3) is 0 Å². The van der Waals surface area contributed by atoms with Crippen LogP contribution in [0.15, 0.2) is 29.3 Å². The van der Waals surface area contributed by atoms with E-state index in [4.69, 9.17) is 9.47 Å². The van der Waals surface area contributed by atoms with Crippen molar-refractivity contribution in [1.82, 2.24) is 15.1 Å². The molecule has 0 aromatic heterocycles. The molecule has 3 rings (SSSR count). The summed E-state index contributed by atoms with van der Waals surface area (Å²) in [6.07, 6.45) is -2.12. The van der Waals surface area contributed by atoms with E-state index in [0.717, 1.165) is 69.3 Å². The number of piperidine rings is 1. The van der Waals surface area contributed by atoms with Crippen LogP contribution < -0.4 is 5.32 Å². The number of nitrogens with zero attached hydrogens (tertiary/aromatic N) is 3. The number of halogens is 4. The van der Waals surface area contributed by atoms with Gasteiger partial charge in [0.2, 0.25) is 0 Å². The number of rotatable bonds is 6. The third kappa shape index (κ3) is 7.46. The van der Waals surface area contributed by atoms with Gasteiger partial charge in [-0.15, -0.1) is 24.0 Å². The zero-order chi connectivity index (χ0) is 22.3. The molecule has 32 heavy (non-hydrogen) atoms. The monoisotopic (exact) mass is 570 g/mol. The van der Waals surface area contributed by atoms with E-state index in [1.165, 1.54) is 0 Å². The molecule has 182 valence electrons. The molecule has 1 atom stereocenters. The molecular weight excluding hydrogens is 536 g/mol. The van der Waals surface area contributed by atoms with E-state index < -0.39 is 11.7 Å². The summed E-state index contributed by atoms with van der Waals surface area (Å²) in [4.78, 5) is 8.92. The highest BCUT2D eigenvalue weighted by Crippen LogP contribution is 2.31. The van der Waals surface area contributed by atoms with Crippen molar-refractivity contribution >= 4 is 29.9 Å². The first kappa shape index (κ1) is 27.1. The Hall–Kier alpha value is -1.11. The second-order valence-electron chi connectivity index (χ2n) is 7.85. The Labute approximate surface area is 205 Å². The standard InChI is InChI=1S/C22H33F3N4O2.HI/c1-3-31-19-8-10-29(11-9-19)21(26-2)27-16-20(28-12-14-30-15-13-28)17-4-6-18(7-5-17)22(23,24)25;/h4-7,19-20H,3,8-16H2,1-2H3,(H,26,27);1H. The Morgan fingerprint density at radius 2 is 1.78 bits per heavy atom. The smallest absolute Gasteiger partial charge is 0.379 e. The molecule has 2 aliphatic heterocycles. The van der Waals surface area contributed by atoms with Crippen molar-refractivity contribution in [2.45, 2.75) is 38.1 Å². The van der Waals surface area contributed by atoms with Crippen molar-refractivity contribution in [3.63, 3.8) is 0 Å². The van der Waals surface area contributed by atoms with Crippen LogP contribution in [0.3, 0.4) is 0 Å². The fourth-order valence-electron chi connectivity index (χ4n) is 4.23. The van der Waals surface area contributed by atoms with Gasteiger partial charge in [0, 0.05) is 46.4 Å². The number of benzene rings is 1. The number of nitrogens with one attached hydrogen (secondary N) is 1. The van der Waals surface area contributed by atoms with Crippen LogP contribution in [0.1, 0.15) is 36.9 Å². The summed E-state index contributed by atoms with van der Waals surface area (Å²) in [5.74, 6) is 0.820. The summed E-state index contributed by atoms with van der Waals surface area (Å²) >= 11 is 0. The number of likely N-dealkylation sites (tertiary alicyclic amines) is 1. The topological polar surface area (TPSA) is 49.3 Å². The van der Waals surface area contributed by atoms with Gasteiger partial charge in [-0.3, -0.25) is 9.89 Å². The van der Waals surface area contributed by atoms with Crippen LogP contribution in [0.2, 0.25) is 0 Å². The second-order valence-corrected chi connectivity index (χ2v) is 7.85. The van der Waals surface area contributed by atoms with E-state index in [1.807, 2.05) is 6.92 Å². The second kappa shape index (κ2) is 13.0. The summed E-state index contributed by atoms with van der Waals surface area (Å²) in [6, 6.07) is 5.43. The van der Waals surface area contributed by atoms with E-state index >= 15 is 0 Å². The van der Waals surface area contributed by atoms with E-state index in [9.17, 15) is 13.2 Å². The van der Waals surface area contributed by atoms with Gasteiger partial charge in [0.05, 0.1) is 30.9 Å². The lowest BCUT2D eigenvalue weighted by Crippen LogP contribution is -2.50. The molecule has 0 radical (unpaired) electrons. The van der Waals surface area contributed by atoms with E-state index in [0.29, 0.717) is 25.9 Å². The lowest BCUT2D eigenvalue weighted by atomic mass is 10.0. The maximum Gasteiger partial charge on any atom is 0.416 e. The maximum atomic E-state index is 13.0. The molecule has 10 heteroatoms. The van der Waals surface area contributed by atoms with Crippen molar-refractivity contribution in [3.05, 3.63) is 35.4 Å². The Morgan fingerprint density at radius 1 is 1.16 bits per heavy atom. The van der Waals surface area contributed by atoms with Crippen molar-refractivity contribution < 1.29 is 22.6 Å². The highest BCUT2D eigenvalue weighted by molar-refractivity contribution is 14.0. The van der Waals surface area contributed by atoms with Crippen LogP contribution >= 0.6 is 24.0 Å². The van der Waals surface area contributed by atoms with E-state index in [2.05, 4.69) is 20.1 Å². The molecule has 2 saturated heterocycles. The predicted molar refractivity (Wildman–Crippen MR) is 130 cm³/mol. The molecule has 2 heterocycles. The molecule has 2 fully saturated rings. The number of alkyl halides is 3. The SMILES string of the molecule is CCOC1CCN(C(=NC)NCC(c2ccc(C(F)(F)F)cc2)N2CCOCC2)CC1.I. The zero-order valence-electron chi connectivity index (χ0n) is 18.7. The fourth-order valence-corrected chi connectivity index (χ4v) is 4.23. The highest BCUT2D eigenvalue weighted by atomic mass is 127. The minimum atomic E-state index is -4.33. The molecule has 0 spiro atoms. The third-order valence-corrected chi connectivity index (χ3v) is 5.92. The van der Waals surface area contributed by atoms with Crippen LogP contribution in [0.5, 0.6) is 0 Å². The van der Waals surface area contributed by atoms with Gasteiger partial charge < -0.3 is 19.7 Å². The van der Waals surface area contributed by atoms with Crippen LogP contribution in [0.25, 0.3) is 0 Å². The van der Waals surface area contributed by atoms with Crippen LogP contribution in [-0.2, 0) is 15.7 Å². The third-order valence-electron chi connectivity index (χ3n) is 5.92. The molecule has 0 bridgehead atoms. The average molecular weight is 570 g/mol. The Balaban J connectivity index is 0.00000363. The molecule has 0 amide bonds. The van der Waals surface area contributed by atoms with Gasteiger partial charge in [-0.25, -0.2) is 0 Å². The highest BCUT2D eigenvalue weighted by Gasteiger charge is 2.31. The molecule has 1 unspecified atom stereocenters. The number of hydrogen-bond acceptors (Lipinski definition) is 4. The minimum Gasteiger partial charge on any atom is -0.379 e. The first-order valence-corrected chi connectivity index (χ1v) is 11.0. The zero-order valence-corrected chi connectivity index (χ0v) is 21.1.